The number of alkyl halides is 1. The van der Waals surface area contributed by atoms with Crippen molar-refractivity contribution in [2.45, 2.75) is 50.6 Å². The van der Waals surface area contributed by atoms with E-state index in [9.17, 15) is 4.79 Å². The van der Waals surface area contributed by atoms with E-state index < -0.39 is 0 Å². The van der Waals surface area contributed by atoms with Crippen molar-refractivity contribution in [2.24, 2.45) is 5.92 Å². The highest BCUT2D eigenvalue weighted by Gasteiger charge is 2.28. The van der Waals surface area contributed by atoms with Crippen LogP contribution in [0.4, 0.5) is 0 Å². The Morgan fingerprint density at radius 1 is 1.53 bits per heavy atom. The fraction of sp³-hybridized carbons (Fsp3) is 0.909. The maximum Gasteiger partial charge on any atom is 0.249 e. The summed E-state index contributed by atoms with van der Waals surface area (Å²) in [6, 6.07) is 0. The number of halogens is 1. The smallest absolute Gasteiger partial charge is 0.249 e. The molecule has 1 aliphatic rings. The summed E-state index contributed by atoms with van der Waals surface area (Å²) in [5.74, 6) is 0.554. The summed E-state index contributed by atoms with van der Waals surface area (Å²) in [6.45, 7) is 6.93. The van der Waals surface area contributed by atoms with Gasteiger partial charge in [-0.25, -0.2) is 0 Å². The number of hydrogen-bond acceptors (Lipinski definition) is 2. The van der Waals surface area contributed by atoms with Gasteiger partial charge >= 0.3 is 0 Å². The van der Waals surface area contributed by atoms with Crippen LogP contribution in [0.15, 0.2) is 0 Å². The van der Waals surface area contributed by atoms with E-state index in [1.807, 2.05) is 6.92 Å². The van der Waals surface area contributed by atoms with Crippen LogP contribution in [0, 0.1) is 5.92 Å². The first-order valence-corrected chi connectivity index (χ1v) is 6.49. The minimum atomic E-state index is -0.230. The molecule has 0 saturated carbocycles. The highest BCUT2D eigenvalue weighted by Crippen LogP contribution is 2.19. The van der Waals surface area contributed by atoms with Crippen molar-refractivity contribution in [3.8, 4) is 0 Å². The maximum absolute atomic E-state index is 11.7. The predicted molar refractivity (Wildman–Crippen MR) is 64.1 cm³/mol. The Morgan fingerprint density at radius 3 is 2.67 bits per heavy atom. The standard InChI is InChI=1S/C11H20BrNO2/c1-7(2)9(12)6-13-11(14)10-5-4-8(3)15-10/h7-10H,4-6H2,1-3H3,(H,13,14). The van der Waals surface area contributed by atoms with Crippen LogP contribution in [0.25, 0.3) is 0 Å². The molecule has 3 atom stereocenters. The third-order valence-electron chi connectivity index (χ3n) is 2.72. The summed E-state index contributed by atoms with van der Waals surface area (Å²) in [6.07, 6.45) is 1.83. The molecule has 3 nitrogen and oxygen atoms in total. The summed E-state index contributed by atoms with van der Waals surface area (Å²) in [5.41, 5.74) is 0. The van der Waals surface area contributed by atoms with Crippen molar-refractivity contribution in [1.82, 2.24) is 5.32 Å². The van der Waals surface area contributed by atoms with Gasteiger partial charge in [-0.15, -0.1) is 0 Å². The first-order chi connectivity index (χ1) is 7.00. The van der Waals surface area contributed by atoms with Crippen molar-refractivity contribution < 1.29 is 9.53 Å². The Morgan fingerprint density at radius 2 is 2.20 bits per heavy atom. The van der Waals surface area contributed by atoms with E-state index in [1.54, 1.807) is 0 Å². The fourth-order valence-electron chi connectivity index (χ4n) is 1.54. The quantitative estimate of drug-likeness (QED) is 0.800. The van der Waals surface area contributed by atoms with Gasteiger partial charge in [-0.05, 0) is 25.7 Å². The van der Waals surface area contributed by atoms with Crippen LogP contribution in [0.2, 0.25) is 0 Å². The Bertz CT molecular complexity index is 221. The van der Waals surface area contributed by atoms with Gasteiger partial charge in [-0.1, -0.05) is 29.8 Å². The largest absolute Gasteiger partial charge is 0.365 e. The van der Waals surface area contributed by atoms with Gasteiger partial charge in [0, 0.05) is 11.4 Å². The minimum Gasteiger partial charge on any atom is -0.365 e. The second-order valence-electron chi connectivity index (χ2n) is 4.52. The molecule has 0 aromatic rings. The number of ether oxygens (including phenoxy) is 1. The molecule has 1 saturated heterocycles. The monoisotopic (exact) mass is 277 g/mol. The van der Waals surface area contributed by atoms with Crippen LogP contribution in [-0.2, 0) is 9.53 Å². The third-order valence-corrected chi connectivity index (χ3v) is 4.10. The molecule has 1 N–H and O–H groups in total. The van der Waals surface area contributed by atoms with Crippen LogP contribution < -0.4 is 5.32 Å². The lowest BCUT2D eigenvalue weighted by molar-refractivity contribution is -0.131. The zero-order chi connectivity index (χ0) is 11.4. The van der Waals surface area contributed by atoms with E-state index in [-0.39, 0.29) is 18.1 Å². The summed E-state index contributed by atoms with van der Waals surface area (Å²) in [4.78, 5) is 12.0. The lowest BCUT2D eigenvalue weighted by Crippen LogP contribution is -2.38. The molecule has 1 rings (SSSR count). The zero-order valence-corrected chi connectivity index (χ0v) is 11.2. The number of carbonyl (C=O) groups excluding carboxylic acids is 1. The second kappa shape index (κ2) is 5.85. The Labute approximate surface area is 100 Å². The van der Waals surface area contributed by atoms with Crippen molar-refractivity contribution in [2.75, 3.05) is 6.54 Å². The van der Waals surface area contributed by atoms with Gasteiger partial charge in [0.1, 0.15) is 6.10 Å². The molecule has 1 amide bonds. The number of nitrogens with one attached hydrogen (secondary N) is 1. The molecular formula is C11H20BrNO2. The predicted octanol–water partition coefficient (Wildman–Crippen LogP) is 2.09. The van der Waals surface area contributed by atoms with Gasteiger partial charge in [0.25, 0.3) is 0 Å². The molecule has 1 fully saturated rings. The van der Waals surface area contributed by atoms with Crippen molar-refractivity contribution in [3.63, 3.8) is 0 Å². The van der Waals surface area contributed by atoms with Crippen molar-refractivity contribution in [3.05, 3.63) is 0 Å². The Kier molecular flexibility index (Phi) is 5.06. The lowest BCUT2D eigenvalue weighted by atomic mass is 10.1. The van der Waals surface area contributed by atoms with Crippen molar-refractivity contribution in [1.29, 1.82) is 0 Å². The lowest BCUT2D eigenvalue weighted by Gasteiger charge is -2.16. The molecule has 0 radical (unpaired) electrons. The molecule has 0 bridgehead atoms. The number of amides is 1. The maximum atomic E-state index is 11.7. The van der Waals surface area contributed by atoms with Crippen LogP contribution in [0.5, 0.6) is 0 Å². The van der Waals surface area contributed by atoms with Gasteiger partial charge < -0.3 is 10.1 Å². The summed E-state index contributed by atoms with van der Waals surface area (Å²) < 4.78 is 5.49. The average Bonchev–Trinajstić information content (AvgIpc) is 2.60. The molecule has 88 valence electrons. The fourth-order valence-corrected chi connectivity index (χ4v) is 1.70. The topological polar surface area (TPSA) is 38.3 Å². The molecular weight excluding hydrogens is 258 g/mol. The van der Waals surface area contributed by atoms with E-state index in [2.05, 4.69) is 35.1 Å². The van der Waals surface area contributed by atoms with Gasteiger partial charge in [0.2, 0.25) is 5.91 Å². The van der Waals surface area contributed by atoms with Crippen LogP contribution in [-0.4, -0.2) is 29.5 Å². The number of carbonyl (C=O) groups is 1. The SMILES string of the molecule is CC1CCC(C(=O)NCC(Br)C(C)C)O1. The van der Waals surface area contributed by atoms with Crippen molar-refractivity contribution >= 4 is 21.8 Å². The average molecular weight is 278 g/mol. The van der Waals surface area contributed by atoms with Gasteiger partial charge in [-0.2, -0.15) is 0 Å². The van der Waals surface area contributed by atoms with Crippen LogP contribution in [0.1, 0.15) is 33.6 Å². The molecule has 3 unspecified atom stereocenters. The van der Waals surface area contributed by atoms with E-state index in [4.69, 9.17) is 4.74 Å². The second-order valence-corrected chi connectivity index (χ2v) is 5.69. The molecule has 0 spiro atoms. The highest BCUT2D eigenvalue weighted by molar-refractivity contribution is 9.09. The first-order valence-electron chi connectivity index (χ1n) is 5.58. The Balaban J connectivity index is 2.24. The molecule has 1 heterocycles. The molecule has 0 aromatic heterocycles. The summed E-state index contributed by atoms with van der Waals surface area (Å²) in [7, 11) is 0. The third kappa shape index (κ3) is 4.11. The minimum absolute atomic E-state index is 0.0319. The molecule has 1 aliphatic heterocycles. The van der Waals surface area contributed by atoms with Gasteiger partial charge in [-0.3, -0.25) is 4.79 Å². The normalized spacial score (nSPS) is 28.1. The van der Waals surface area contributed by atoms with E-state index in [1.165, 1.54) is 0 Å². The van der Waals surface area contributed by atoms with E-state index in [0.717, 1.165) is 12.8 Å². The highest BCUT2D eigenvalue weighted by atomic mass is 79.9. The van der Waals surface area contributed by atoms with E-state index >= 15 is 0 Å². The van der Waals surface area contributed by atoms with Gasteiger partial charge in [0.05, 0.1) is 6.10 Å². The molecule has 0 aromatic carbocycles. The zero-order valence-electron chi connectivity index (χ0n) is 9.63. The van der Waals surface area contributed by atoms with Crippen LogP contribution in [0.3, 0.4) is 0 Å². The molecule has 0 aliphatic carbocycles. The summed E-state index contributed by atoms with van der Waals surface area (Å²) >= 11 is 3.54. The molecule has 15 heavy (non-hydrogen) atoms. The Hall–Kier alpha value is -0.0900. The molecule has 4 heteroatoms. The van der Waals surface area contributed by atoms with E-state index in [0.29, 0.717) is 17.3 Å². The van der Waals surface area contributed by atoms with Gasteiger partial charge in [0.15, 0.2) is 0 Å². The number of rotatable bonds is 4. The first kappa shape index (κ1) is 13.0. The van der Waals surface area contributed by atoms with Crippen LogP contribution >= 0.6 is 15.9 Å². The number of hydrogen-bond donors (Lipinski definition) is 1. The summed E-state index contributed by atoms with van der Waals surface area (Å²) in [5, 5.41) is 2.92.